The van der Waals surface area contributed by atoms with Crippen molar-refractivity contribution in [3.8, 4) is 11.3 Å². The number of aromatic nitrogens is 3. The summed E-state index contributed by atoms with van der Waals surface area (Å²) >= 11 is 14.1. The smallest absolute Gasteiger partial charge is 0.190 e. The number of aryl methyl sites for hydroxylation is 1. The van der Waals surface area contributed by atoms with Crippen LogP contribution in [-0.4, -0.2) is 14.5 Å². The number of benzene rings is 1. The zero-order chi connectivity index (χ0) is 19.3. The Kier molecular flexibility index (Phi) is 5.86. The molecule has 1 aromatic carbocycles. The van der Waals surface area contributed by atoms with Gasteiger partial charge in [0.1, 0.15) is 0 Å². The third-order valence-corrected chi connectivity index (χ3v) is 5.60. The van der Waals surface area contributed by atoms with E-state index in [-0.39, 0.29) is 0 Å². The predicted molar refractivity (Wildman–Crippen MR) is 115 cm³/mol. The fraction of sp³-hybridized carbons (Fsp3) is 0.0952. The van der Waals surface area contributed by atoms with E-state index in [0.717, 1.165) is 40.4 Å². The van der Waals surface area contributed by atoms with E-state index >= 15 is 0 Å². The van der Waals surface area contributed by atoms with Crippen molar-refractivity contribution in [2.24, 2.45) is 4.99 Å². The minimum atomic E-state index is 0.615. The van der Waals surface area contributed by atoms with Crippen molar-refractivity contribution >= 4 is 40.2 Å². The zero-order valence-electron chi connectivity index (χ0n) is 14.8. The Bertz CT molecular complexity index is 1140. The molecule has 0 amide bonds. The molecule has 0 fully saturated rings. The SMILES string of the molecule is Clc1ccc(-c2csc(=Nc3cccnc3)n2CCc2ccccn2)c(Cl)c1. The molecule has 4 rings (SSSR count). The lowest BCUT2D eigenvalue weighted by Crippen LogP contribution is -2.17. The van der Waals surface area contributed by atoms with Gasteiger partial charge >= 0.3 is 0 Å². The van der Waals surface area contributed by atoms with Crippen LogP contribution in [0.15, 0.2) is 77.5 Å². The maximum Gasteiger partial charge on any atom is 0.190 e. The lowest BCUT2D eigenvalue weighted by Gasteiger charge is -2.11. The van der Waals surface area contributed by atoms with Crippen molar-refractivity contribution < 1.29 is 0 Å². The van der Waals surface area contributed by atoms with Gasteiger partial charge in [-0.3, -0.25) is 9.97 Å². The van der Waals surface area contributed by atoms with Gasteiger partial charge in [0, 0.05) is 47.0 Å². The van der Waals surface area contributed by atoms with Gasteiger partial charge < -0.3 is 4.57 Å². The van der Waals surface area contributed by atoms with E-state index in [2.05, 4.69) is 19.9 Å². The lowest BCUT2D eigenvalue weighted by molar-refractivity contribution is 0.674. The Morgan fingerprint density at radius 2 is 1.96 bits per heavy atom. The predicted octanol–water partition coefficient (Wildman–Crippen LogP) is 5.79. The fourth-order valence-corrected chi connectivity index (χ4v) is 4.30. The average molecular weight is 427 g/mol. The minimum Gasteiger partial charge on any atom is -0.316 e. The van der Waals surface area contributed by atoms with E-state index < -0.39 is 0 Å². The van der Waals surface area contributed by atoms with Gasteiger partial charge in [0.15, 0.2) is 4.80 Å². The number of nitrogens with zero attached hydrogens (tertiary/aromatic N) is 4. The van der Waals surface area contributed by atoms with Gasteiger partial charge in [0.25, 0.3) is 0 Å². The van der Waals surface area contributed by atoms with Crippen LogP contribution in [-0.2, 0) is 13.0 Å². The molecule has 140 valence electrons. The molecule has 4 aromatic rings. The third-order valence-electron chi connectivity index (χ3n) is 4.19. The van der Waals surface area contributed by atoms with Gasteiger partial charge in [-0.05, 0) is 42.5 Å². The van der Waals surface area contributed by atoms with Crippen molar-refractivity contribution in [3.05, 3.63) is 93.0 Å². The molecule has 3 aromatic heterocycles. The molecule has 3 heterocycles. The van der Waals surface area contributed by atoms with Gasteiger partial charge in [-0.15, -0.1) is 11.3 Å². The molecule has 7 heteroatoms. The van der Waals surface area contributed by atoms with Crippen LogP contribution in [0.1, 0.15) is 5.69 Å². The summed E-state index contributed by atoms with van der Waals surface area (Å²) in [5.41, 5.74) is 3.77. The van der Waals surface area contributed by atoms with E-state index in [0.29, 0.717) is 10.0 Å². The maximum atomic E-state index is 6.48. The largest absolute Gasteiger partial charge is 0.316 e. The molecule has 0 radical (unpaired) electrons. The van der Waals surface area contributed by atoms with Crippen LogP contribution in [0.4, 0.5) is 5.69 Å². The molecule has 0 aliphatic carbocycles. The summed E-state index contributed by atoms with van der Waals surface area (Å²) in [5.74, 6) is 0. The Labute approximate surface area is 176 Å². The van der Waals surface area contributed by atoms with Gasteiger partial charge in [-0.1, -0.05) is 29.3 Å². The number of pyridine rings is 2. The molecule has 0 saturated carbocycles. The molecule has 28 heavy (non-hydrogen) atoms. The first-order chi connectivity index (χ1) is 13.7. The summed E-state index contributed by atoms with van der Waals surface area (Å²) in [7, 11) is 0. The molecule has 0 spiro atoms. The van der Waals surface area contributed by atoms with Crippen molar-refractivity contribution in [2.45, 2.75) is 13.0 Å². The first-order valence-electron chi connectivity index (χ1n) is 8.69. The summed E-state index contributed by atoms with van der Waals surface area (Å²) in [6.45, 7) is 0.730. The summed E-state index contributed by atoms with van der Waals surface area (Å²) < 4.78 is 2.17. The Balaban J connectivity index is 1.79. The summed E-state index contributed by atoms with van der Waals surface area (Å²) in [5, 5.41) is 3.30. The van der Waals surface area contributed by atoms with E-state index in [1.807, 2.05) is 48.7 Å². The van der Waals surface area contributed by atoms with Crippen molar-refractivity contribution in [2.75, 3.05) is 0 Å². The van der Waals surface area contributed by atoms with Crippen molar-refractivity contribution in [3.63, 3.8) is 0 Å². The molecule has 0 N–H and O–H groups in total. The first-order valence-corrected chi connectivity index (χ1v) is 10.3. The van der Waals surface area contributed by atoms with E-state index in [4.69, 9.17) is 28.2 Å². The molecule has 0 bridgehead atoms. The average Bonchev–Trinajstić information content (AvgIpc) is 3.10. The second kappa shape index (κ2) is 8.69. The van der Waals surface area contributed by atoms with Crippen LogP contribution in [0.2, 0.25) is 10.0 Å². The lowest BCUT2D eigenvalue weighted by atomic mass is 10.1. The Morgan fingerprint density at radius 3 is 2.71 bits per heavy atom. The second-order valence-corrected chi connectivity index (χ2v) is 7.75. The second-order valence-electron chi connectivity index (χ2n) is 6.07. The minimum absolute atomic E-state index is 0.615. The maximum absolute atomic E-state index is 6.48. The molecule has 0 atom stereocenters. The van der Waals surface area contributed by atoms with E-state index in [1.54, 1.807) is 29.8 Å². The molecule has 0 aliphatic rings. The highest BCUT2D eigenvalue weighted by molar-refractivity contribution is 7.07. The number of halogens is 2. The molecular weight excluding hydrogens is 411 g/mol. The highest BCUT2D eigenvalue weighted by Gasteiger charge is 2.12. The van der Waals surface area contributed by atoms with Crippen LogP contribution < -0.4 is 4.80 Å². The highest BCUT2D eigenvalue weighted by atomic mass is 35.5. The monoisotopic (exact) mass is 426 g/mol. The van der Waals surface area contributed by atoms with Crippen molar-refractivity contribution in [1.82, 2.24) is 14.5 Å². The molecule has 0 unspecified atom stereocenters. The zero-order valence-corrected chi connectivity index (χ0v) is 17.1. The number of hydrogen-bond donors (Lipinski definition) is 0. The fourth-order valence-electron chi connectivity index (χ4n) is 2.85. The normalized spacial score (nSPS) is 11.7. The van der Waals surface area contributed by atoms with Gasteiger partial charge in [0.2, 0.25) is 0 Å². The molecule has 0 saturated heterocycles. The van der Waals surface area contributed by atoms with Gasteiger partial charge in [-0.2, -0.15) is 0 Å². The number of hydrogen-bond acceptors (Lipinski definition) is 4. The van der Waals surface area contributed by atoms with E-state index in [1.165, 1.54) is 0 Å². The van der Waals surface area contributed by atoms with Gasteiger partial charge in [0.05, 0.1) is 22.6 Å². The highest BCUT2D eigenvalue weighted by Crippen LogP contribution is 2.31. The first kappa shape index (κ1) is 18.9. The molecule has 4 nitrogen and oxygen atoms in total. The third kappa shape index (κ3) is 4.33. The number of thiazole rings is 1. The van der Waals surface area contributed by atoms with E-state index in [9.17, 15) is 0 Å². The summed E-state index contributed by atoms with van der Waals surface area (Å²) in [6.07, 6.45) is 6.08. The topological polar surface area (TPSA) is 43.1 Å². The summed E-state index contributed by atoms with van der Waals surface area (Å²) in [6, 6.07) is 15.3. The standard InChI is InChI=1S/C21H16Cl2N4S/c22-15-6-7-18(19(23)12-15)20-14-28-21(26-17-5-3-9-24-13-17)27(20)11-8-16-4-1-2-10-25-16/h1-7,9-10,12-14H,8,11H2. The van der Waals surface area contributed by atoms with Crippen LogP contribution >= 0.6 is 34.5 Å². The van der Waals surface area contributed by atoms with Crippen LogP contribution in [0, 0.1) is 0 Å². The van der Waals surface area contributed by atoms with Gasteiger partial charge in [-0.25, -0.2) is 4.99 Å². The van der Waals surface area contributed by atoms with Crippen LogP contribution in [0.5, 0.6) is 0 Å². The molecular formula is C21H16Cl2N4S. The molecule has 0 aliphatic heterocycles. The Hall–Kier alpha value is -2.47. The summed E-state index contributed by atoms with van der Waals surface area (Å²) in [4.78, 5) is 14.2. The Morgan fingerprint density at radius 1 is 1.04 bits per heavy atom. The quantitative estimate of drug-likeness (QED) is 0.405. The van der Waals surface area contributed by atoms with Crippen LogP contribution in [0.3, 0.4) is 0 Å². The number of rotatable bonds is 5. The van der Waals surface area contributed by atoms with Crippen LogP contribution in [0.25, 0.3) is 11.3 Å². The van der Waals surface area contributed by atoms with Crippen molar-refractivity contribution in [1.29, 1.82) is 0 Å².